The van der Waals surface area contributed by atoms with E-state index in [0.717, 1.165) is 27.8 Å². The molecule has 0 spiro atoms. The third-order valence-electron chi connectivity index (χ3n) is 6.23. The Morgan fingerprint density at radius 3 is 2.30 bits per heavy atom. The second-order valence-corrected chi connectivity index (χ2v) is 10.1. The Balaban J connectivity index is 2.34. The average molecular weight is 508 g/mol. The highest BCUT2D eigenvalue weighted by Crippen LogP contribution is 2.38. The monoisotopic (exact) mass is 507 g/mol. The molecule has 0 bridgehead atoms. The minimum atomic E-state index is -1.12. The standard InChI is InChI=1S/C29H37N3O5/c1-9-30-28(35)31-16-19-11-13-21-22(15-19)26(33)32(7)24(25(27(34)36-8)37-29(4,5)6)23(21)20-12-10-17(2)18(3)14-20/h10-15,25H,9,16H2,1-8H3,(H2,30,31,35). The molecule has 2 N–H and O–H groups in total. The molecule has 0 aliphatic carbocycles. The number of nitrogens with zero attached hydrogens (tertiary/aromatic N) is 1. The van der Waals surface area contributed by atoms with Gasteiger partial charge in [0.15, 0.2) is 6.10 Å². The number of urea groups is 1. The summed E-state index contributed by atoms with van der Waals surface area (Å²) in [6, 6.07) is 11.3. The molecule has 3 aromatic rings. The fourth-order valence-corrected chi connectivity index (χ4v) is 4.28. The Morgan fingerprint density at radius 1 is 1.00 bits per heavy atom. The van der Waals surface area contributed by atoms with Gasteiger partial charge in [0.1, 0.15) is 0 Å². The van der Waals surface area contributed by atoms with Gasteiger partial charge in [0, 0.05) is 31.1 Å². The number of carbonyl (C=O) groups excluding carboxylic acids is 2. The van der Waals surface area contributed by atoms with Crippen LogP contribution in [0, 0.1) is 13.8 Å². The molecule has 198 valence electrons. The molecule has 3 rings (SSSR count). The zero-order valence-corrected chi connectivity index (χ0v) is 22.9. The molecule has 0 saturated carbocycles. The van der Waals surface area contributed by atoms with Crippen LogP contribution in [0.5, 0.6) is 0 Å². The number of amides is 2. The number of aryl methyl sites for hydroxylation is 2. The number of carbonyl (C=O) groups is 2. The molecule has 0 aliphatic heterocycles. The van der Waals surface area contributed by atoms with Crippen LogP contribution in [0.3, 0.4) is 0 Å². The van der Waals surface area contributed by atoms with Crippen LogP contribution >= 0.6 is 0 Å². The number of rotatable bonds is 7. The largest absolute Gasteiger partial charge is 0.467 e. The number of nitrogens with one attached hydrogen (secondary N) is 2. The van der Waals surface area contributed by atoms with Crippen molar-refractivity contribution in [3.63, 3.8) is 0 Å². The van der Waals surface area contributed by atoms with Crippen LogP contribution in [-0.2, 0) is 27.9 Å². The smallest absolute Gasteiger partial charge is 0.341 e. The maximum Gasteiger partial charge on any atom is 0.341 e. The Hall–Kier alpha value is -3.65. The SMILES string of the molecule is CCNC(=O)NCc1ccc2c(-c3ccc(C)c(C)c3)c(C(OC(C)(C)C)C(=O)OC)n(C)c(=O)c2c1. The zero-order chi connectivity index (χ0) is 27.5. The zero-order valence-electron chi connectivity index (χ0n) is 22.9. The van der Waals surface area contributed by atoms with Crippen molar-refractivity contribution in [2.45, 2.75) is 59.8 Å². The van der Waals surface area contributed by atoms with Gasteiger partial charge in [-0.1, -0.05) is 30.3 Å². The number of esters is 1. The number of ether oxygens (including phenoxy) is 2. The quantitative estimate of drug-likeness (QED) is 0.453. The van der Waals surface area contributed by atoms with E-state index in [0.29, 0.717) is 23.0 Å². The van der Waals surface area contributed by atoms with E-state index in [4.69, 9.17) is 9.47 Å². The number of fused-ring (bicyclic) bond motifs is 1. The normalized spacial score (nSPS) is 12.3. The van der Waals surface area contributed by atoms with Gasteiger partial charge in [-0.15, -0.1) is 0 Å². The van der Waals surface area contributed by atoms with Crippen LogP contribution in [0.4, 0.5) is 4.79 Å². The fraction of sp³-hybridized carbons (Fsp3) is 0.414. The summed E-state index contributed by atoms with van der Waals surface area (Å²) >= 11 is 0. The molecule has 37 heavy (non-hydrogen) atoms. The molecular weight excluding hydrogens is 470 g/mol. The number of pyridine rings is 1. The summed E-state index contributed by atoms with van der Waals surface area (Å²) in [4.78, 5) is 38.6. The summed E-state index contributed by atoms with van der Waals surface area (Å²) in [5.41, 5.74) is 4.05. The second-order valence-electron chi connectivity index (χ2n) is 10.1. The highest BCUT2D eigenvalue weighted by atomic mass is 16.6. The predicted molar refractivity (Wildman–Crippen MR) is 146 cm³/mol. The van der Waals surface area contributed by atoms with Gasteiger partial charge < -0.3 is 24.7 Å². The molecule has 8 heteroatoms. The lowest BCUT2D eigenvalue weighted by Gasteiger charge is -2.29. The summed E-state index contributed by atoms with van der Waals surface area (Å²) < 4.78 is 12.8. The average Bonchev–Trinajstić information content (AvgIpc) is 2.84. The number of methoxy groups -OCH3 is 1. The van der Waals surface area contributed by atoms with Gasteiger partial charge in [0.2, 0.25) is 0 Å². The van der Waals surface area contributed by atoms with Crippen molar-refractivity contribution in [2.24, 2.45) is 7.05 Å². The van der Waals surface area contributed by atoms with E-state index in [-0.39, 0.29) is 18.1 Å². The Labute approximate surface area is 218 Å². The first kappa shape index (κ1) is 27.9. The Bertz CT molecular complexity index is 1390. The molecule has 0 saturated heterocycles. The van der Waals surface area contributed by atoms with Gasteiger partial charge >= 0.3 is 12.0 Å². The van der Waals surface area contributed by atoms with Crippen LogP contribution in [-0.4, -0.2) is 35.8 Å². The van der Waals surface area contributed by atoms with Gasteiger partial charge in [0.25, 0.3) is 5.56 Å². The van der Waals surface area contributed by atoms with E-state index in [9.17, 15) is 14.4 Å². The number of hydrogen-bond acceptors (Lipinski definition) is 5. The Kier molecular flexibility index (Phi) is 8.43. The van der Waals surface area contributed by atoms with Crippen LogP contribution < -0.4 is 16.2 Å². The van der Waals surface area contributed by atoms with Crippen LogP contribution in [0.1, 0.15) is 56.2 Å². The maximum atomic E-state index is 13.7. The number of aromatic nitrogens is 1. The van der Waals surface area contributed by atoms with Gasteiger partial charge in [-0.25, -0.2) is 9.59 Å². The first-order valence-corrected chi connectivity index (χ1v) is 12.4. The third kappa shape index (κ3) is 6.20. The van der Waals surface area contributed by atoms with E-state index in [1.54, 1.807) is 13.1 Å². The lowest BCUT2D eigenvalue weighted by molar-refractivity contribution is -0.165. The van der Waals surface area contributed by atoms with Crippen LogP contribution in [0.2, 0.25) is 0 Å². The molecule has 1 atom stereocenters. The minimum Gasteiger partial charge on any atom is -0.467 e. The Morgan fingerprint density at radius 2 is 1.70 bits per heavy atom. The molecule has 0 aliphatic rings. The van der Waals surface area contributed by atoms with Crippen LogP contribution in [0.25, 0.3) is 21.9 Å². The summed E-state index contributed by atoms with van der Waals surface area (Å²) in [5, 5.41) is 6.66. The minimum absolute atomic E-state index is 0.267. The first-order valence-electron chi connectivity index (χ1n) is 12.4. The van der Waals surface area contributed by atoms with Crippen molar-refractivity contribution in [1.82, 2.24) is 15.2 Å². The molecule has 8 nitrogen and oxygen atoms in total. The maximum absolute atomic E-state index is 13.7. The van der Waals surface area contributed by atoms with Crippen molar-refractivity contribution in [2.75, 3.05) is 13.7 Å². The van der Waals surface area contributed by atoms with E-state index < -0.39 is 17.7 Å². The number of benzene rings is 2. The summed E-state index contributed by atoms with van der Waals surface area (Å²) in [5.74, 6) is -0.586. The number of hydrogen-bond donors (Lipinski definition) is 2. The van der Waals surface area contributed by atoms with Crippen molar-refractivity contribution >= 4 is 22.8 Å². The van der Waals surface area contributed by atoms with E-state index >= 15 is 0 Å². The van der Waals surface area contributed by atoms with E-state index in [1.165, 1.54) is 11.7 Å². The fourth-order valence-electron chi connectivity index (χ4n) is 4.28. The van der Waals surface area contributed by atoms with Gasteiger partial charge in [-0.3, -0.25) is 4.79 Å². The molecule has 1 heterocycles. The van der Waals surface area contributed by atoms with E-state index in [1.807, 2.05) is 71.9 Å². The molecule has 2 amide bonds. The predicted octanol–water partition coefficient (Wildman–Crippen LogP) is 4.67. The van der Waals surface area contributed by atoms with Crippen molar-refractivity contribution in [3.05, 3.63) is 69.1 Å². The topological polar surface area (TPSA) is 98.7 Å². The molecule has 1 unspecified atom stereocenters. The molecule has 0 radical (unpaired) electrons. The first-order chi connectivity index (χ1) is 17.4. The van der Waals surface area contributed by atoms with Crippen molar-refractivity contribution in [1.29, 1.82) is 0 Å². The van der Waals surface area contributed by atoms with E-state index in [2.05, 4.69) is 10.6 Å². The lowest BCUT2D eigenvalue weighted by atomic mass is 9.91. The molecule has 1 aromatic heterocycles. The van der Waals surface area contributed by atoms with Gasteiger partial charge in [-0.05, 0) is 75.2 Å². The second kappa shape index (κ2) is 11.2. The van der Waals surface area contributed by atoms with Crippen molar-refractivity contribution in [3.8, 4) is 11.1 Å². The van der Waals surface area contributed by atoms with Crippen LogP contribution in [0.15, 0.2) is 41.2 Å². The lowest BCUT2D eigenvalue weighted by Crippen LogP contribution is -2.35. The highest BCUT2D eigenvalue weighted by molar-refractivity contribution is 5.99. The highest BCUT2D eigenvalue weighted by Gasteiger charge is 2.34. The summed E-state index contributed by atoms with van der Waals surface area (Å²) in [7, 11) is 2.95. The molecular formula is C29H37N3O5. The third-order valence-corrected chi connectivity index (χ3v) is 6.23. The van der Waals surface area contributed by atoms with Crippen molar-refractivity contribution < 1.29 is 19.1 Å². The molecule has 0 fully saturated rings. The summed E-state index contributed by atoms with van der Waals surface area (Å²) in [6.45, 7) is 12.2. The molecule has 2 aromatic carbocycles. The summed E-state index contributed by atoms with van der Waals surface area (Å²) in [6.07, 6.45) is -1.12. The van der Waals surface area contributed by atoms with Gasteiger partial charge in [-0.2, -0.15) is 0 Å². The van der Waals surface area contributed by atoms with Gasteiger partial charge in [0.05, 0.1) is 18.4 Å².